The first-order valence-electron chi connectivity index (χ1n) is 6.25. The van der Waals surface area contributed by atoms with Gasteiger partial charge in [-0.05, 0) is 55.8 Å². The van der Waals surface area contributed by atoms with Crippen LogP contribution in [-0.2, 0) is 11.3 Å². The topological polar surface area (TPSA) is 40.5 Å². The van der Waals surface area contributed by atoms with E-state index in [2.05, 4.69) is 24.9 Å². The molecule has 3 nitrogen and oxygen atoms in total. The highest BCUT2D eigenvalue weighted by atomic mass is 32.1. The molecule has 1 aromatic rings. The standard InChI is InChI=1S/C14H19NO2S/c1-10(12-4-5-12)15(2)8-13-7-11(9-18-13)3-6-14(16)17/h3,6-7,9-10,12H,4-5,8H2,1-2H3,(H,16,17). The molecular weight excluding hydrogens is 246 g/mol. The number of hydrogen-bond donors (Lipinski definition) is 1. The van der Waals surface area contributed by atoms with Gasteiger partial charge in [-0.3, -0.25) is 4.90 Å². The number of carboxylic acids is 1. The summed E-state index contributed by atoms with van der Waals surface area (Å²) < 4.78 is 0. The Kier molecular flexibility index (Phi) is 4.19. The average molecular weight is 265 g/mol. The van der Waals surface area contributed by atoms with Gasteiger partial charge in [-0.15, -0.1) is 11.3 Å². The summed E-state index contributed by atoms with van der Waals surface area (Å²) >= 11 is 1.69. The summed E-state index contributed by atoms with van der Waals surface area (Å²) in [6.07, 6.45) is 5.56. The summed E-state index contributed by atoms with van der Waals surface area (Å²) in [6, 6.07) is 2.71. The van der Waals surface area contributed by atoms with Crippen molar-refractivity contribution in [2.75, 3.05) is 7.05 Å². The first kappa shape index (κ1) is 13.3. The van der Waals surface area contributed by atoms with E-state index in [-0.39, 0.29) is 0 Å². The second kappa shape index (κ2) is 5.67. The van der Waals surface area contributed by atoms with E-state index in [1.165, 1.54) is 23.8 Å². The SMILES string of the molecule is CC(C1CC1)N(C)Cc1cc(C=CC(=O)O)cs1. The molecule has 1 aliphatic rings. The summed E-state index contributed by atoms with van der Waals surface area (Å²) in [5.74, 6) is -0.0245. The molecule has 1 saturated carbocycles. The molecule has 1 fully saturated rings. The van der Waals surface area contributed by atoms with Crippen molar-refractivity contribution in [3.8, 4) is 0 Å². The Morgan fingerprint density at radius 1 is 1.67 bits per heavy atom. The summed E-state index contributed by atoms with van der Waals surface area (Å²) in [4.78, 5) is 14.1. The molecule has 1 N–H and O–H groups in total. The van der Waals surface area contributed by atoms with Crippen molar-refractivity contribution in [1.29, 1.82) is 0 Å². The first-order chi connectivity index (χ1) is 8.56. The zero-order chi connectivity index (χ0) is 13.1. The minimum atomic E-state index is -0.901. The molecule has 4 heteroatoms. The molecule has 98 valence electrons. The van der Waals surface area contributed by atoms with Crippen LogP contribution in [0.15, 0.2) is 17.5 Å². The highest BCUT2D eigenvalue weighted by Crippen LogP contribution is 2.35. The van der Waals surface area contributed by atoms with E-state index in [0.29, 0.717) is 6.04 Å². The van der Waals surface area contributed by atoms with Crippen LogP contribution >= 0.6 is 11.3 Å². The lowest BCUT2D eigenvalue weighted by Crippen LogP contribution is -2.29. The fourth-order valence-corrected chi connectivity index (χ4v) is 2.98. The zero-order valence-corrected chi connectivity index (χ0v) is 11.6. The molecule has 0 saturated heterocycles. The molecule has 1 unspecified atom stereocenters. The van der Waals surface area contributed by atoms with Crippen molar-refractivity contribution < 1.29 is 9.90 Å². The maximum Gasteiger partial charge on any atom is 0.328 e. The van der Waals surface area contributed by atoms with Crippen LogP contribution in [0.3, 0.4) is 0 Å². The third-order valence-corrected chi connectivity index (χ3v) is 4.44. The van der Waals surface area contributed by atoms with Gasteiger partial charge < -0.3 is 5.11 Å². The molecule has 18 heavy (non-hydrogen) atoms. The largest absolute Gasteiger partial charge is 0.478 e. The van der Waals surface area contributed by atoms with E-state index in [1.807, 2.05) is 5.38 Å². The Morgan fingerprint density at radius 2 is 2.39 bits per heavy atom. The minimum absolute atomic E-state index is 0.644. The second-order valence-corrected chi connectivity index (χ2v) is 6.01. The van der Waals surface area contributed by atoms with Gasteiger partial charge in [0.2, 0.25) is 0 Å². The Bertz CT molecular complexity index is 448. The van der Waals surface area contributed by atoms with Gasteiger partial charge in [0, 0.05) is 23.5 Å². The van der Waals surface area contributed by atoms with E-state index in [1.54, 1.807) is 17.4 Å². The molecule has 1 atom stereocenters. The van der Waals surface area contributed by atoms with Crippen LogP contribution in [0.1, 0.15) is 30.2 Å². The van der Waals surface area contributed by atoms with Gasteiger partial charge in [0.15, 0.2) is 0 Å². The Labute approximate surface area is 112 Å². The third kappa shape index (κ3) is 3.68. The Balaban J connectivity index is 1.91. The van der Waals surface area contributed by atoms with Crippen LogP contribution in [0.2, 0.25) is 0 Å². The van der Waals surface area contributed by atoms with Gasteiger partial charge >= 0.3 is 5.97 Å². The van der Waals surface area contributed by atoms with Gasteiger partial charge in [0.05, 0.1) is 0 Å². The predicted octanol–water partition coefficient (Wildman–Crippen LogP) is 3.08. The molecule has 0 aliphatic heterocycles. The summed E-state index contributed by atoms with van der Waals surface area (Å²) in [5.41, 5.74) is 0.977. The minimum Gasteiger partial charge on any atom is -0.478 e. The maximum atomic E-state index is 10.4. The average Bonchev–Trinajstić information content (AvgIpc) is 3.07. The number of carbonyl (C=O) groups is 1. The van der Waals surface area contributed by atoms with Crippen molar-refractivity contribution in [2.24, 2.45) is 5.92 Å². The lowest BCUT2D eigenvalue weighted by atomic mass is 10.2. The molecule has 1 heterocycles. The molecule has 0 aromatic carbocycles. The van der Waals surface area contributed by atoms with Crippen LogP contribution in [0, 0.1) is 5.92 Å². The fraction of sp³-hybridized carbons (Fsp3) is 0.500. The number of nitrogens with zero attached hydrogens (tertiary/aromatic N) is 1. The van der Waals surface area contributed by atoms with Gasteiger partial charge in [-0.25, -0.2) is 4.79 Å². The molecule has 0 spiro atoms. The lowest BCUT2D eigenvalue weighted by molar-refractivity contribution is -0.131. The highest BCUT2D eigenvalue weighted by Gasteiger charge is 2.30. The maximum absolute atomic E-state index is 10.4. The third-order valence-electron chi connectivity index (χ3n) is 3.50. The van der Waals surface area contributed by atoms with Gasteiger partial charge in [0.25, 0.3) is 0 Å². The Hall–Kier alpha value is -1.13. The highest BCUT2D eigenvalue weighted by molar-refractivity contribution is 7.10. The van der Waals surface area contributed by atoms with Crippen molar-refractivity contribution in [3.05, 3.63) is 28.0 Å². The smallest absolute Gasteiger partial charge is 0.328 e. The summed E-state index contributed by atoms with van der Waals surface area (Å²) in [7, 11) is 2.16. The molecule has 2 rings (SSSR count). The van der Waals surface area contributed by atoms with Crippen LogP contribution < -0.4 is 0 Å². The number of rotatable bonds is 6. The van der Waals surface area contributed by atoms with Crippen LogP contribution in [0.4, 0.5) is 0 Å². The summed E-state index contributed by atoms with van der Waals surface area (Å²) in [6.45, 7) is 3.24. The zero-order valence-electron chi connectivity index (χ0n) is 10.8. The fourth-order valence-electron chi connectivity index (χ4n) is 2.06. The van der Waals surface area contributed by atoms with Crippen LogP contribution in [0.5, 0.6) is 0 Å². The molecule has 0 bridgehead atoms. The van der Waals surface area contributed by atoms with Crippen molar-refractivity contribution in [2.45, 2.75) is 32.4 Å². The monoisotopic (exact) mass is 265 g/mol. The van der Waals surface area contributed by atoms with E-state index >= 15 is 0 Å². The number of hydrogen-bond acceptors (Lipinski definition) is 3. The first-order valence-corrected chi connectivity index (χ1v) is 7.13. The van der Waals surface area contributed by atoms with Crippen LogP contribution in [0.25, 0.3) is 6.08 Å². The van der Waals surface area contributed by atoms with E-state index in [9.17, 15) is 4.79 Å². The van der Waals surface area contributed by atoms with E-state index < -0.39 is 5.97 Å². The number of thiophene rings is 1. The Morgan fingerprint density at radius 3 is 3.00 bits per heavy atom. The number of carboxylic acid groups (broad SMARTS) is 1. The molecule has 1 aliphatic carbocycles. The van der Waals surface area contributed by atoms with E-state index in [0.717, 1.165) is 18.0 Å². The van der Waals surface area contributed by atoms with Crippen molar-refractivity contribution in [3.63, 3.8) is 0 Å². The quantitative estimate of drug-likeness (QED) is 0.804. The van der Waals surface area contributed by atoms with Gasteiger partial charge in [0.1, 0.15) is 0 Å². The normalized spacial score (nSPS) is 17.5. The molecule has 0 amide bonds. The molecular formula is C14H19NO2S. The molecule has 0 radical (unpaired) electrons. The van der Waals surface area contributed by atoms with Gasteiger partial charge in [-0.1, -0.05) is 0 Å². The number of aliphatic carboxylic acids is 1. The summed E-state index contributed by atoms with van der Waals surface area (Å²) in [5, 5.41) is 10.6. The van der Waals surface area contributed by atoms with Crippen LogP contribution in [-0.4, -0.2) is 29.1 Å². The molecule has 1 aromatic heterocycles. The van der Waals surface area contributed by atoms with Crippen molar-refractivity contribution >= 4 is 23.4 Å². The second-order valence-electron chi connectivity index (χ2n) is 5.01. The van der Waals surface area contributed by atoms with Gasteiger partial charge in [-0.2, -0.15) is 0 Å². The lowest BCUT2D eigenvalue weighted by Gasteiger charge is -2.23. The van der Waals surface area contributed by atoms with E-state index in [4.69, 9.17) is 5.11 Å². The van der Waals surface area contributed by atoms with Crippen molar-refractivity contribution in [1.82, 2.24) is 4.90 Å². The predicted molar refractivity (Wildman–Crippen MR) is 74.6 cm³/mol.